The van der Waals surface area contributed by atoms with Crippen LogP contribution in [0.15, 0.2) is 47.1 Å². The van der Waals surface area contributed by atoms with Gasteiger partial charge in [0.05, 0.1) is 24.2 Å². The molecule has 0 unspecified atom stereocenters. The molecule has 4 heteroatoms. The maximum atomic E-state index is 9.88. The highest BCUT2D eigenvalue weighted by Crippen LogP contribution is 2.31. The quantitative estimate of drug-likeness (QED) is 0.778. The molecule has 1 N–H and O–H groups in total. The molecular formula is C16H20O3S. The molecule has 0 spiro atoms. The van der Waals surface area contributed by atoms with Gasteiger partial charge >= 0.3 is 0 Å². The number of para-hydroxylation sites is 1. The molecule has 2 aromatic rings. The van der Waals surface area contributed by atoms with Crippen LogP contribution < -0.4 is 0 Å². The molecule has 0 aliphatic rings. The number of thioether (sulfide) groups is 1. The third-order valence-corrected chi connectivity index (χ3v) is 4.01. The molecule has 0 aliphatic carbocycles. The van der Waals surface area contributed by atoms with E-state index in [-0.39, 0.29) is 5.75 Å². The zero-order valence-electron chi connectivity index (χ0n) is 11.8. The van der Waals surface area contributed by atoms with Gasteiger partial charge in [-0.05, 0) is 32.0 Å². The summed E-state index contributed by atoms with van der Waals surface area (Å²) in [6.45, 7) is 4.57. The van der Waals surface area contributed by atoms with Crippen LogP contribution in [-0.4, -0.2) is 17.5 Å². The maximum absolute atomic E-state index is 9.88. The Morgan fingerprint density at radius 3 is 2.70 bits per heavy atom. The van der Waals surface area contributed by atoms with E-state index < -0.39 is 5.60 Å². The Morgan fingerprint density at radius 2 is 2.00 bits per heavy atom. The van der Waals surface area contributed by atoms with E-state index >= 15 is 0 Å². The van der Waals surface area contributed by atoms with Gasteiger partial charge in [-0.2, -0.15) is 11.8 Å². The van der Waals surface area contributed by atoms with Crippen LogP contribution in [0.3, 0.4) is 0 Å². The topological polar surface area (TPSA) is 42.6 Å². The van der Waals surface area contributed by atoms with Gasteiger partial charge in [0, 0.05) is 11.3 Å². The highest BCUT2D eigenvalue weighted by molar-refractivity contribution is 7.98. The van der Waals surface area contributed by atoms with E-state index in [9.17, 15) is 5.11 Å². The number of furan rings is 1. The maximum Gasteiger partial charge on any atom is 0.121 e. The molecule has 3 nitrogen and oxygen atoms in total. The molecule has 108 valence electrons. The molecule has 0 aliphatic heterocycles. The molecule has 1 heterocycles. The summed E-state index contributed by atoms with van der Waals surface area (Å²) >= 11 is 1.77. The van der Waals surface area contributed by atoms with Gasteiger partial charge in [-0.15, -0.1) is 0 Å². The van der Waals surface area contributed by atoms with E-state index in [0.29, 0.717) is 6.61 Å². The van der Waals surface area contributed by atoms with E-state index in [1.165, 1.54) is 0 Å². The normalized spacial score (nSPS) is 11.7. The first-order valence-electron chi connectivity index (χ1n) is 6.62. The van der Waals surface area contributed by atoms with E-state index in [1.807, 2.05) is 44.2 Å². The molecule has 0 radical (unpaired) electrons. The summed E-state index contributed by atoms with van der Waals surface area (Å²) in [7, 11) is 0. The van der Waals surface area contributed by atoms with Gasteiger partial charge in [0.2, 0.25) is 0 Å². The first kappa shape index (κ1) is 15.0. The average molecular weight is 292 g/mol. The van der Waals surface area contributed by atoms with Gasteiger partial charge < -0.3 is 14.3 Å². The van der Waals surface area contributed by atoms with Crippen molar-refractivity contribution in [2.24, 2.45) is 0 Å². The van der Waals surface area contributed by atoms with Gasteiger partial charge in [-0.25, -0.2) is 0 Å². The summed E-state index contributed by atoms with van der Waals surface area (Å²) in [5.41, 5.74) is 0.326. The summed E-state index contributed by atoms with van der Waals surface area (Å²) in [4.78, 5) is 0. The SMILES string of the molecule is CC(C)(OCCSCc1ccco1)c1ccccc1O. The summed E-state index contributed by atoms with van der Waals surface area (Å²) in [5, 5.41) is 9.88. The smallest absolute Gasteiger partial charge is 0.121 e. The molecule has 0 saturated carbocycles. The zero-order chi connectivity index (χ0) is 14.4. The Hall–Kier alpha value is -1.39. The van der Waals surface area contributed by atoms with Crippen LogP contribution >= 0.6 is 11.8 Å². The molecule has 0 saturated heterocycles. The fourth-order valence-corrected chi connectivity index (χ4v) is 2.69. The van der Waals surface area contributed by atoms with Crippen molar-refractivity contribution < 1.29 is 14.3 Å². The van der Waals surface area contributed by atoms with Crippen LogP contribution in [0, 0.1) is 0 Å². The van der Waals surface area contributed by atoms with Crippen molar-refractivity contribution in [2.75, 3.05) is 12.4 Å². The third kappa shape index (κ3) is 4.05. The summed E-state index contributed by atoms with van der Waals surface area (Å²) in [6.07, 6.45) is 1.69. The summed E-state index contributed by atoms with van der Waals surface area (Å²) in [5.74, 6) is 3.00. The molecule has 0 fully saturated rings. The van der Waals surface area contributed by atoms with Gasteiger partial charge in [-0.1, -0.05) is 18.2 Å². The van der Waals surface area contributed by atoms with E-state index in [2.05, 4.69) is 0 Å². The second kappa shape index (κ2) is 6.86. The van der Waals surface area contributed by atoms with Crippen LogP contribution in [0.1, 0.15) is 25.2 Å². The van der Waals surface area contributed by atoms with Gasteiger partial charge in [0.25, 0.3) is 0 Å². The minimum Gasteiger partial charge on any atom is -0.508 e. The Labute approximate surface area is 124 Å². The number of phenolic OH excluding ortho intramolecular Hbond substituents is 1. The Kier molecular flexibility index (Phi) is 5.15. The second-order valence-electron chi connectivity index (χ2n) is 5.01. The lowest BCUT2D eigenvalue weighted by Crippen LogP contribution is -2.23. The molecule has 0 atom stereocenters. The minimum atomic E-state index is -0.489. The average Bonchev–Trinajstić information content (AvgIpc) is 2.91. The van der Waals surface area contributed by atoms with E-state index in [0.717, 1.165) is 22.8 Å². The molecule has 2 rings (SSSR count). The van der Waals surface area contributed by atoms with Crippen molar-refractivity contribution in [1.82, 2.24) is 0 Å². The largest absolute Gasteiger partial charge is 0.508 e. The predicted molar refractivity (Wildman–Crippen MR) is 82.0 cm³/mol. The van der Waals surface area contributed by atoms with Gasteiger partial charge in [0.15, 0.2) is 0 Å². The van der Waals surface area contributed by atoms with Crippen LogP contribution in [0.25, 0.3) is 0 Å². The van der Waals surface area contributed by atoms with E-state index in [1.54, 1.807) is 24.1 Å². The highest BCUT2D eigenvalue weighted by atomic mass is 32.2. The molecule has 1 aromatic heterocycles. The van der Waals surface area contributed by atoms with Gasteiger partial charge in [0.1, 0.15) is 11.5 Å². The number of benzene rings is 1. The van der Waals surface area contributed by atoms with Crippen LogP contribution in [0.2, 0.25) is 0 Å². The number of phenols is 1. The lowest BCUT2D eigenvalue weighted by molar-refractivity contribution is -0.0139. The first-order chi connectivity index (χ1) is 9.59. The molecule has 1 aromatic carbocycles. The van der Waals surface area contributed by atoms with Crippen LogP contribution in [0.5, 0.6) is 5.75 Å². The molecule has 0 amide bonds. The number of ether oxygens (including phenoxy) is 1. The summed E-state index contributed by atoms with van der Waals surface area (Å²) in [6, 6.07) is 11.2. The highest BCUT2D eigenvalue weighted by Gasteiger charge is 2.23. The Bertz CT molecular complexity index is 520. The fourth-order valence-electron chi connectivity index (χ4n) is 1.98. The van der Waals surface area contributed by atoms with Crippen molar-refractivity contribution in [2.45, 2.75) is 25.2 Å². The van der Waals surface area contributed by atoms with Crippen molar-refractivity contribution in [3.63, 3.8) is 0 Å². The lowest BCUT2D eigenvalue weighted by atomic mass is 9.97. The van der Waals surface area contributed by atoms with Crippen molar-refractivity contribution >= 4 is 11.8 Å². The molecule has 0 bridgehead atoms. The minimum absolute atomic E-state index is 0.278. The molecular weight excluding hydrogens is 272 g/mol. The zero-order valence-corrected chi connectivity index (χ0v) is 12.7. The van der Waals surface area contributed by atoms with E-state index in [4.69, 9.17) is 9.15 Å². The second-order valence-corrected chi connectivity index (χ2v) is 6.11. The standard InChI is InChI=1S/C16H20O3S/c1-16(2,14-7-3-4-8-15(14)17)19-10-11-20-12-13-6-5-9-18-13/h3-9,17H,10-12H2,1-2H3. The Balaban J connectivity index is 1.76. The van der Waals surface area contributed by atoms with Crippen LogP contribution in [-0.2, 0) is 16.1 Å². The monoisotopic (exact) mass is 292 g/mol. The lowest BCUT2D eigenvalue weighted by Gasteiger charge is -2.26. The van der Waals surface area contributed by atoms with Crippen LogP contribution in [0.4, 0.5) is 0 Å². The first-order valence-corrected chi connectivity index (χ1v) is 7.77. The van der Waals surface area contributed by atoms with Gasteiger partial charge in [-0.3, -0.25) is 0 Å². The Morgan fingerprint density at radius 1 is 1.20 bits per heavy atom. The molecule has 20 heavy (non-hydrogen) atoms. The fraction of sp³-hybridized carbons (Fsp3) is 0.375. The third-order valence-electron chi connectivity index (χ3n) is 3.07. The van der Waals surface area contributed by atoms with Crippen molar-refractivity contribution in [1.29, 1.82) is 0 Å². The summed E-state index contributed by atoms with van der Waals surface area (Å²) < 4.78 is 11.2. The number of hydrogen-bond acceptors (Lipinski definition) is 4. The predicted octanol–water partition coefficient (Wildman–Crippen LogP) is 4.17. The number of aromatic hydroxyl groups is 1. The van der Waals surface area contributed by atoms with Crippen molar-refractivity contribution in [3.8, 4) is 5.75 Å². The van der Waals surface area contributed by atoms with Crippen molar-refractivity contribution in [3.05, 3.63) is 54.0 Å². The number of hydrogen-bond donors (Lipinski definition) is 1. The number of rotatable bonds is 7.